The Labute approximate surface area is 84.0 Å². The molecule has 1 aromatic carbocycles. The van der Waals surface area contributed by atoms with Gasteiger partial charge in [0.25, 0.3) is 0 Å². The van der Waals surface area contributed by atoms with E-state index in [2.05, 4.69) is 41.5 Å². The fourth-order valence-electron chi connectivity index (χ4n) is 1.48. The molecule has 0 saturated carbocycles. The Morgan fingerprint density at radius 3 is 2.14 bits per heavy atom. The van der Waals surface area contributed by atoms with Crippen molar-refractivity contribution in [2.75, 3.05) is 0 Å². The third-order valence-corrected chi connectivity index (χ3v) is 2.36. The van der Waals surface area contributed by atoms with Crippen molar-refractivity contribution in [3.63, 3.8) is 0 Å². The smallest absolute Gasteiger partial charge is 0.107 e. The van der Waals surface area contributed by atoms with Gasteiger partial charge in [-0.15, -0.1) is 0 Å². The molecule has 2 aromatic rings. The molecule has 1 atom stereocenters. The summed E-state index contributed by atoms with van der Waals surface area (Å²) in [6.45, 7) is 2.10. The first-order valence-corrected chi connectivity index (χ1v) is 4.84. The lowest BCUT2D eigenvalue weighted by Crippen LogP contribution is -2.51. The van der Waals surface area contributed by atoms with E-state index < -0.39 is 0 Å². The number of rotatable bonds is 2. The van der Waals surface area contributed by atoms with Crippen LogP contribution in [0.1, 0.15) is 18.5 Å². The number of hydrogen-bond donors (Lipinski definition) is 1. The van der Waals surface area contributed by atoms with Crippen LogP contribution in [0.2, 0.25) is 0 Å². The molecular weight excluding hydrogens is 172 g/mol. The van der Waals surface area contributed by atoms with Gasteiger partial charge in [0.05, 0.1) is 0 Å². The fraction of sp³-hybridized carbons (Fsp3) is 0.167. The van der Waals surface area contributed by atoms with Crippen molar-refractivity contribution in [2.24, 2.45) is 0 Å². The van der Waals surface area contributed by atoms with Gasteiger partial charge < -0.3 is 10.3 Å². The average molecular weight is 187 g/mol. The van der Waals surface area contributed by atoms with Gasteiger partial charge in [-0.3, -0.25) is 0 Å². The summed E-state index contributed by atoms with van der Waals surface area (Å²) in [5, 5.41) is 0. The molecule has 0 aliphatic rings. The standard InChI is InChI=1S/C12H14N2/c1-10(13)11-4-6-12(7-5-11)14-8-2-3-9-14/h2-10H,13H2,1H3/p+1/t10-/m1/s1. The normalized spacial score (nSPS) is 12.7. The van der Waals surface area contributed by atoms with Crippen molar-refractivity contribution in [3.05, 3.63) is 54.4 Å². The zero-order valence-corrected chi connectivity index (χ0v) is 8.35. The average Bonchev–Trinajstić information content (AvgIpc) is 2.71. The van der Waals surface area contributed by atoms with Crippen LogP contribution >= 0.6 is 0 Å². The largest absolute Gasteiger partial charge is 0.352 e. The Balaban J connectivity index is 2.31. The molecular formula is C12H15N2+. The van der Waals surface area contributed by atoms with Gasteiger partial charge in [0.2, 0.25) is 0 Å². The van der Waals surface area contributed by atoms with Crippen LogP contribution in [0.4, 0.5) is 0 Å². The number of benzene rings is 1. The van der Waals surface area contributed by atoms with E-state index in [4.69, 9.17) is 0 Å². The third-order valence-electron chi connectivity index (χ3n) is 2.36. The lowest BCUT2D eigenvalue weighted by molar-refractivity contribution is -0.420. The summed E-state index contributed by atoms with van der Waals surface area (Å²) in [5.74, 6) is 0. The Morgan fingerprint density at radius 1 is 1.07 bits per heavy atom. The molecule has 0 unspecified atom stereocenters. The van der Waals surface area contributed by atoms with E-state index in [1.54, 1.807) is 0 Å². The van der Waals surface area contributed by atoms with E-state index in [9.17, 15) is 0 Å². The molecule has 2 rings (SSSR count). The first-order valence-electron chi connectivity index (χ1n) is 4.84. The maximum Gasteiger partial charge on any atom is 0.107 e. The Kier molecular flexibility index (Phi) is 2.37. The van der Waals surface area contributed by atoms with Gasteiger partial charge in [0.15, 0.2) is 0 Å². The van der Waals surface area contributed by atoms with Crippen LogP contribution in [0.25, 0.3) is 5.69 Å². The minimum absolute atomic E-state index is 0.355. The second-order valence-electron chi connectivity index (χ2n) is 3.58. The molecule has 14 heavy (non-hydrogen) atoms. The van der Waals surface area contributed by atoms with Gasteiger partial charge >= 0.3 is 0 Å². The lowest BCUT2D eigenvalue weighted by atomic mass is 10.1. The van der Waals surface area contributed by atoms with Crippen molar-refractivity contribution >= 4 is 0 Å². The van der Waals surface area contributed by atoms with E-state index in [0.717, 1.165) is 0 Å². The Bertz CT molecular complexity index is 385. The molecule has 3 N–H and O–H groups in total. The maximum absolute atomic E-state index is 3.99. The van der Waals surface area contributed by atoms with E-state index in [0.29, 0.717) is 6.04 Å². The number of aromatic nitrogens is 1. The summed E-state index contributed by atoms with van der Waals surface area (Å²) in [6, 6.07) is 12.9. The highest BCUT2D eigenvalue weighted by Gasteiger charge is 2.01. The van der Waals surface area contributed by atoms with Crippen molar-refractivity contribution in [3.8, 4) is 5.69 Å². The minimum Gasteiger partial charge on any atom is -0.352 e. The maximum atomic E-state index is 3.99. The number of nitrogens with zero attached hydrogens (tertiary/aromatic N) is 1. The minimum atomic E-state index is 0.355. The quantitative estimate of drug-likeness (QED) is 0.743. The Hall–Kier alpha value is -1.54. The topological polar surface area (TPSA) is 32.6 Å². The van der Waals surface area contributed by atoms with Crippen molar-refractivity contribution in [1.82, 2.24) is 4.57 Å². The van der Waals surface area contributed by atoms with E-state index >= 15 is 0 Å². The predicted molar refractivity (Wildman–Crippen MR) is 57.1 cm³/mol. The van der Waals surface area contributed by atoms with Crippen LogP contribution in [0.3, 0.4) is 0 Å². The lowest BCUT2D eigenvalue weighted by Gasteiger charge is -2.05. The van der Waals surface area contributed by atoms with Crippen molar-refractivity contribution in [2.45, 2.75) is 13.0 Å². The summed E-state index contributed by atoms with van der Waals surface area (Å²) in [7, 11) is 0. The predicted octanol–water partition coefficient (Wildman–Crippen LogP) is 1.78. The second-order valence-corrected chi connectivity index (χ2v) is 3.58. The molecule has 0 aliphatic carbocycles. The molecule has 0 bridgehead atoms. The highest BCUT2D eigenvalue weighted by atomic mass is 14.9. The first kappa shape index (κ1) is 9.03. The Morgan fingerprint density at radius 2 is 1.64 bits per heavy atom. The van der Waals surface area contributed by atoms with Crippen LogP contribution in [-0.4, -0.2) is 4.57 Å². The molecule has 1 heterocycles. The zero-order valence-electron chi connectivity index (χ0n) is 8.35. The molecule has 2 heteroatoms. The molecule has 1 aromatic heterocycles. The highest BCUT2D eigenvalue weighted by Crippen LogP contribution is 2.12. The van der Waals surface area contributed by atoms with Gasteiger partial charge in [0.1, 0.15) is 6.04 Å². The van der Waals surface area contributed by atoms with E-state index in [1.165, 1.54) is 11.3 Å². The molecule has 72 valence electrons. The number of quaternary nitrogens is 1. The summed E-state index contributed by atoms with van der Waals surface area (Å²) in [6.07, 6.45) is 4.09. The fourth-order valence-corrected chi connectivity index (χ4v) is 1.48. The summed E-state index contributed by atoms with van der Waals surface area (Å²) < 4.78 is 2.09. The summed E-state index contributed by atoms with van der Waals surface area (Å²) >= 11 is 0. The zero-order chi connectivity index (χ0) is 9.97. The van der Waals surface area contributed by atoms with Crippen LogP contribution in [0.5, 0.6) is 0 Å². The van der Waals surface area contributed by atoms with Gasteiger partial charge in [-0.05, 0) is 31.2 Å². The van der Waals surface area contributed by atoms with Gasteiger partial charge in [-0.25, -0.2) is 0 Å². The molecule has 0 radical (unpaired) electrons. The first-order chi connectivity index (χ1) is 6.77. The van der Waals surface area contributed by atoms with Crippen LogP contribution < -0.4 is 5.73 Å². The molecule has 0 fully saturated rings. The summed E-state index contributed by atoms with van der Waals surface area (Å²) in [4.78, 5) is 0. The highest BCUT2D eigenvalue weighted by molar-refractivity contribution is 5.35. The molecule has 0 spiro atoms. The second kappa shape index (κ2) is 3.68. The monoisotopic (exact) mass is 187 g/mol. The SMILES string of the molecule is C[C@@H]([NH3+])c1ccc(-n2cccc2)cc1. The molecule has 2 nitrogen and oxygen atoms in total. The molecule has 0 aliphatic heterocycles. The van der Waals surface area contributed by atoms with Crippen LogP contribution in [-0.2, 0) is 0 Å². The summed E-state index contributed by atoms with van der Waals surface area (Å²) in [5.41, 5.74) is 6.47. The van der Waals surface area contributed by atoms with Gasteiger partial charge in [0, 0.05) is 23.6 Å². The van der Waals surface area contributed by atoms with Gasteiger partial charge in [-0.2, -0.15) is 0 Å². The van der Waals surface area contributed by atoms with Gasteiger partial charge in [-0.1, -0.05) is 12.1 Å². The van der Waals surface area contributed by atoms with Crippen molar-refractivity contribution < 1.29 is 5.73 Å². The molecule has 0 amide bonds. The van der Waals surface area contributed by atoms with E-state index in [-0.39, 0.29) is 0 Å². The van der Waals surface area contributed by atoms with Crippen LogP contribution in [0.15, 0.2) is 48.8 Å². The third kappa shape index (κ3) is 1.70. The number of hydrogen-bond acceptors (Lipinski definition) is 0. The van der Waals surface area contributed by atoms with Crippen LogP contribution in [0, 0.1) is 0 Å². The van der Waals surface area contributed by atoms with Crippen molar-refractivity contribution in [1.29, 1.82) is 0 Å². The van der Waals surface area contributed by atoms with E-state index in [1.807, 2.05) is 24.5 Å². The molecule has 0 saturated heterocycles.